The van der Waals surface area contributed by atoms with E-state index in [1.165, 1.54) is 50.1 Å². The van der Waals surface area contributed by atoms with Gasteiger partial charge in [0.05, 0.1) is 0 Å². The van der Waals surface area contributed by atoms with Crippen LogP contribution in [0.15, 0.2) is 78.9 Å². The summed E-state index contributed by atoms with van der Waals surface area (Å²) in [6.07, 6.45) is 3.36. The highest BCUT2D eigenvalue weighted by Gasteiger charge is 2.19. The largest absolute Gasteiger partial charge is 0.0587 e. The molecule has 0 aliphatic heterocycles. The molecule has 0 nitrogen and oxygen atoms in total. The van der Waals surface area contributed by atoms with Gasteiger partial charge >= 0.3 is 0 Å². The molecule has 0 fully saturated rings. The smallest absolute Gasteiger partial charge is 0.000750 e. The Kier molecular flexibility index (Phi) is 4.34. The summed E-state index contributed by atoms with van der Waals surface area (Å²) in [6.45, 7) is 6.42. The quantitative estimate of drug-likeness (QED) is 0.482. The zero-order valence-electron chi connectivity index (χ0n) is 15.7. The van der Waals surface area contributed by atoms with E-state index in [1.807, 2.05) is 0 Å². The van der Waals surface area contributed by atoms with Crippen molar-refractivity contribution in [3.63, 3.8) is 0 Å². The van der Waals surface area contributed by atoms with E-state index in [1.54, 1.807) is 0 Å². The third kappa shape index (κ3) is 3.28. The minimum atomic E-state index is 0.981. The molecule has 128 valence electrons. The molecule has 1 aliphatic rings. The zero-order chi connectivity index (χ0) is 18.1. The molecule has 0 heterocycles. The second kappa shape index (κ2) is 6.80. The van der Waals surface area contributed by atoms with Crippen LogP contribution in [0.1, 0.15) is 39.8 Å². The summed E-state index contributed by atoms with van der Waals surface area (Å²) in [6, 6.07) is 26.7. The topological polar surface area (TPSA) is 0 Å². The lowest BCUT2D eigenvalue weighted by Crippen LogP contribution is -1.88. The average Bonchev–Trinajstić information content (AvgIpc) is 3.09. The lowest BCUT2D eigenvalue weighted by Gasteiger charge is -2.10. The van der Waals surface area contributed by atoms with Crippen molar-refractivity contribution in [2.75, 3.05) is 0 Å². The third-order valence-electron chi connectivity index (χ3n) is 5.20. The van der Waals surface area contributed by atoms with Gasteiger partial charge in [0.1, 0.15) is 0 Å². The average molecular weight is 336 g/mol. The van der Waals surface area contributed by atoms with Crippen LogP contribution in [0.3, 0.4) is 0 Å². The molecule has 26 heavy (non-hydrogen) atoms. The summed E-state index contributed by atoms with van der Waals surface area (Å²) in [5.41, 5.74) is 12.0. The first-order chi connectivity index (χ1) is 12.6. The van der Waals surface area contributed by atoms with E-state index in [0.717, 1.165) is 6.42 Å². The molecule has 4 rings (SSSR count). The van der Waals surface area contributed by atoms with Crippen molar-refractivity contribution in [2.24, 2.45) is 0 Å². The molecular formula is C26H24. The monoisotopic (exact) mass is 336 g/mol. The van der Waals surface area contributed by atoms with Gasteiger partial charge in [-0.2, -0.15) is 0 Å². The van der Waals surface area contributed by atoms with Crippen molar-refractivity contribution < 1.29 is 0 Å². The highest BCUT2D eigenvalue weighted by atomic mass is 14.2. The third-order valence-corrected chi connectivity index (χ3v) is 5.20. The summed E-state index contributed by atoms with van der Waals surface area (Å²) in [5.74, 6) is 0. The van der Waals surface area contributed by atoms with Gasteiger partial charge < -0.3 is 0 Å². The molecule has 3 aromatic rings. The Balaban J connectivity index is 1.80. The Morgan fingerprint density at radius 2 is 0.923 bits per heavy atom. The normalized spacial score (nSPS) is 13.9. The Bertz CT molecular complexity index is 979. The first-order valence-electron chi connectivity index (χ1n) is 9.25. The van der Waals surface area contributed by atoms with E-state index in [9.17, 15) is 0 Å². The van der Waals surface area contributed by atoms with Crippen molar-refractivity contribution in [2.45, 2.75) is 27.2 Å². The van der Waals surface area contributed by atoms with Gasteiger partial charge in [0.25, 0.3) is 0 Å². The predicted octanol–water partition coefficient (Wildman–Crippen LogP) is 7.01. The fourth-order valence-corrected chi connectivity index (χ4v) is 3.55. The molecule has 0 amide bonds. The van der Waals surface area contributed by atoms with Gasteiger partial charge in [-0.1, -0.05) is 89.5 Å². The van der Waals surface area contributed by atoms with Crippen molar-refractivity contribution in [3.8, 4) is 0 Å². The van der Waals surface area contributed by atoms with E-state index < -0.39 is 0 Å². The predicted molar refractivity (Wildman–Crippen MR) is 113 cm³/mol. The number of hydrogen-bond acceptors (Lipinski definition) is 0. The van der Waals surface area contributed by atoms with Crippen LogP contribution < -0.4 is 0 Å². The standard InChI is InChI=1S/C26H24/c1-18-4-10-21(11-5-18)24-16-25(22-12-6-19(2)7-13-22)26(17-24)23-14-8-20(3)9-15-23/h4-16H,17H2,1-3H3. The fourth-order valence-electron chi connectivity index (χ4n) is 3.55. The molecule has 0 bridgehead atoms. The Morgan fingerprint density at radius 3 is 1.42 bits per heavy atom. The maximum atomic E-state index is 2.38. The van der Waals surface area contributed by atoms with E-state index in [4.69, 9.17) is 0 Å². The van der Waals surface area contributed by atoms with Crippen molar-refractivity contribution >= 4 is 16.7 Å². The van der Waals surface area contributed by atoms with Gasteiger partial charge in [0.2, 0.25) is 0 Å². The van der Waals surface area contributed by atoms with Crippen LogP contribution in [0.2, 0.25) is 0 Å². The second-order valence-electron chi connectivity index (χ2n) is 7.34. The SMILES string of the molecule is Cc1ccc(C2=CC(c3ccc(C)cc3)=C(c3ccc(C)cc3)C2)cc1. The van der Waals surface area contributed by atoms with Gasteiger partial charge in [-0.3, -0.25) is 0 Å². The highest BCUT2D eigenvalue weighted by Crippen LogP contribution is 2.42. The minimum Gasteiger partial charge on any atom is -0.0587 e. The molecular weight excluding hydrogens is 312 g/mol. The van der Waals surface area contributed by atoms with Crippen LogP contribution in [-0.2, 0) is 0 Å². The summed E-state index contributed by atoms with van der Waals surface area (Å²) in [4.78, 5) is 0. The Hall–Kier alpha value is -2.86. The minimum absolute atomic E-state index is 0.981. The maximum absolute atomic E-state index is 2.38. The highest BCUT2D eigenvalue weighted by molar-refractivity contribution is 6.06. The van der Waals surface area contributed by atoms with E-state index >= 15 is 0 Å². The van der Waals surface area contributed by atoms with Crippen molar-refractivity contribution in [1.82, 2.24) is 0 Å². The molecule has 0 atom stereocenters. The van der Waals surface area contributed by atoms with Crippen LogP contribution in [0.4, 0.5) is 0 Å². The summed E-state index contributed by atoms with van der Waals surface area (Å²) < 4.78 is 0. The molecule has 0 heteroatoms. The van der Waals surface area contributed by atoms with Crippen LogP contribution in [0, 0.1) is 20.8 Å². The summed E-state index contributed by atoms with van der Waals surface area (Å²) in [5, 5.41) is 0. The van der Waals surface area contributed by atoms with Gasteiger partial charge in [0, 0.05) is 0 Å². The Morgan fingerprint density at radius 1 is 0.500 bits per heavy atom. The molecule has 0 aromatic heterocycles. The second-order valence-corrected chi connectivity index (χ2v) is 7.34. The molecule has 1 aliphatic carbocycles. The first kappa shape index (κ1) is 16.6. The maximum Gasteiger partial charge on any atom is -0.000750 e. The molecule has 0 N–H and O–H groups in total. The van der Waals surface area contributed by atoms with Crippen LogP contribution in [0.25, 0.3) is 16.7 Å². The fraction of sp³-hybridized carbons (Fsp3) is 0.154. The van der Waals surface area contributed by atoms with Crippen molar-refractivity contribution in [1.29, 1.82) is 0 Å². The first-order valence-corrected chi connectivity index (χ1v) is 9.25. The number of hydrogen-bond donors (Lipinski definition) is 0. The molecule has 0 unspecified atom stereocenters. The van der Waals surface area contributed by atoms with Gasteiger partial charge in [0.15, 0.2) is 0 Å². The Labute approximate surface area is 156 Å². The molecule has 0 saturated carbocycles. The van der Waals surface area contributed by atoms with Crippen LogP contribution in [0.5, 0.6) is 0 Å². The summed E-state index contributed by atoms with van der Waals surface area (Å²) >= 11 is 0. The lowest BCUT2D eigenvalue weighted by molar-refractivity contribution is 1.38. The number of aryl methyl sites for hydroxylation is 3. The van der Waals surface area contributed by atoms with E-state index in [-0.39, 0.29) is 0 Å². The number of benzene rings is 3. The van der Waals surface area contributed by atoms with Gasteiger partial charge in [-0.15, -0.1) is 0 Å². The lowest BCUT2D eigenvalue weighted by atomic mass is 9.95. The summed E-state index contributed by atoms with van der Waals surface area (Å²) in [7, 11) is 0. The number of rotatable bonds is 3. The van der Waals surface area contributed by atoms with Gasteiger partial charge in [-0.05, 0) is 66.7 Å². The van der Waals surface area contributed by atoms with Gasteiger partial charge in [-0.25, -0.2) is 0 Å². The number of allylic oxidation sites excluding steroid dienone is 4. The zero-order valence-corrected chi connectivity index (χ0v) is 15.7. The molecule has 0 saturated heterocycles. The van der Waals surface area contributed by atoms with E-state index in [0.29, 0.717) is 0 Å². The molecule has 0 radical (unpaired) electrons. The van der Waals surface area contributed by atoms with E-state index in [2.05, 4.69) is 99.6 Å². The van der Waals surface area contributed by atoms with Crippen LogP contribution in [-0.4, -0.2) is 0 Å². The van der Waals surface area contributed by atoms with Crippen molar-refractivity contribution in [3.05, 3.63) is 112 Å². The molecule has 0 spiro atoms. The van der Waals surface area contributed by atoms with Crippen LogP contribution >= 0.6 is 0 Å². The molecule has 3 aromatic carbocycles.